The van der Waals surface area contributed by atoms with Crippen molar-refractivity contribution < 1.29 is 9.53 Å². The average molecular weight is 200 g/mol. The van der Waals surface area contributed by atoms with E-state index in [4.69, 9.17) is 10.5 Å². The smallest absolute Gasteiger partial charge is 0.224 e. The van der Waals surface area contributed by atoms with Crippen LogP contribution in [0, 0.1) is 5.92 Å². The summed E-state index contributed by atoms with van der Waals surface area (Å²) in [5.41, 5.74) is 5.38. The molecule has 2 unspecified atom stereocenters. The van der Waals surface area contributed by atoms with Crippen molar-refractivity contribution in [1.29, 1.82) is 0 Å². The Hall–Kier alpha value is -0.610. The highest BCUT2D eigenvalue weighted by Crippen LogP contribution is 2.14. The van der Waals surface area contributed by atoms with Crippen LogP contribution < -0.4 is 11.1 Å². The average Bonchev–Trinajstić information content (AvgIpc) is 2.69. The molecule has 0 aromatic heterocycles. The van der Waals surface area contributed by atoms with Crippen molar-refractivity contribution in [2.75, 3.05) is 19.7 Å². The number of amides is 1. The second kappa shape index (κ2) is 5.98. The van der Waals surface area contributed by atoms with Crippen LogP contribution in [0.5, 0.6) is 0 Å². The second-order valence-corrected chi connectivity index (χ2v) is 3.85. The minimum absolute atomic E-state index is 0.0468. The monoisotopic (exact) mass is 200 g/mol. The van der Waals surface area contributed by atoms with E-state index in [-0.39, 0.29) is 11.8 Å². The van der Waals surface area contributed by atoms with Crippen molar-refractivity contribution in [3.63, 3.8) is 0 Å². The van der Waals surface area contributed by atoms with Crippen LogP contribution in [0.2, 0.25) is 0 Å². The summed E-state index contributed by atoms with van der Waals surface area (Å²) in [6, 6.07) is 0. The first-order valence-corrected chi connectivity index (χ1v) is 5.33. The summed E-state index contributed by atoms with van der Waals surface area (Å²) < 4.78 is 5.45. The summed E-state index contributed by atoms with van der Waals surface area (Å²) in [6.45, 7) is 3.82. The molecule has 0 radical (unpaired) electrons. The van der Waals surface area contributed by atoms with Crippen LogP contribution in [0.25, 0.3) is 0 Å². The van der Waals surface area contributed by atoms with E-state index in [0.29, 0.717) is 19.2 Å². The Balaban J connectivity index is 2.05. The number of rotatable bonds is 5. The van der Waals surface area contributed by atoms with Gasteiger partial charge in [0.05, 0.1) is 6.10 Å². The molecule has 3 N–H and O–H groups in total. The number of carbonyl (C=O) groups is 1. The van der Waals surface area contributed by atoms with Gasteiger partial charge in [0.25, 0.3) is 0 Å². The van der Waals surface area contributed by atoms with Gasteiger partial charge in [-0.15, -0.1) is 0 Å². The predicted molar refractivity (Wildman–Crippen MR) is 54.8 cm³/mol. The predicted octanol–water partition coefficient (Wildman–Crippen LogP) is 0.267. The molecule has 0 aromatic carbocycles. The Kier molecular flexibility index (Phi) is 4.90. The lowest BCUT2D eigenvalue weighted by molar-refractivity contribution is -0.124. The minimum Gasteiger partial charge on any atom is -0.378 e. The van der Waals surface area contributed by atoms with Crippen LogP contribution in [-0.4, -0.2) is 31.7 Å². The van der Waals surface area contributed by atoms with E-state index in [2.05, 4.69) is 5.32 Å². The van der Waals surface area contributed by atoms with Crippen molar-refractivity contribution >= 4 is 5.91 Å². The van der Waals surface area contributed by atoms with Gasteiger partial charge in [0.2, 0.25) is 5.91 Å². The lowest BCUT2D eigenvalue weighted by Gasteiger charge is -2.12. The summed E-state index contributed by atoms with van der Waals surface area (Å²) in [5, 5.41) is 2.86. The zero-order valence-corrected chi connectivity index (χ0v) is 8.79. The van der Waals surface area contributed by atoms with Crippen LogP contribution in [-0.2, 0) is 9.53 Å². The first kappa shape index (κ1) is 11.5. The van der Waals surface area contributed by atoms with Gasteiger partial charge in [-0.1, -0.05) is 6.92 Å². The molecule has 0 aliphatic carbocycles. The first-order chi connectivity index (χ1) is 6.74. The lowest BCUT2D eigenvalue weighted by Crippen LogP contribution is -2.34. The lowest BCUT2D eigenvalue weighted by atomic mass is 10.1. The zero-order valence-electron chi connectivity index (χ0n) is 8.79. The maximum atomic E-state index is 11.3. The van der Waals surface area contributed by atoms with Gasteiger partial charge in [0.15, 0.2) is 0 Å². The van der Waals surface area contributed by atoms with Gasteiger partial charge in [0, 0.05) is 25.6 Å². The molecule has 1 rings (SSSR count). The highest BCUT2D eigenvalue weighted by atomic mass is 16.5. The number of ether oxygens (including phenoxy) is 1. The first-order valence-electron chi connectivity index (χ1n) is 5.33. The van der Waals surface area contributed by atoms with E-state index in [1.807, 2.05) is 6.92 Å². The van der Waals surface area contributed by atoms with Crippen LogP contribution in [0.4, 0.5) is 0 Å². The van der Waals surface area contributed by atoms with Crippen molar-refractivity contribution in [3.05, 3.63) is 0 Å². The quantitative estimate of drug-likeness (QED) is 0.669. The molecule has 1 fully saturated rings. The molecule has 2 atom stereocenters. The van der Waals surface area contributed by atoms with E-state index < -0.39 is 0 Å². The van der Waals surface area contributed by atoms with Gasteiger partial charge in [0.1, 0.15) is 0 Å². The standard InChI is InChI=1S/C10H20N2O2/c1-8(7-11)10(13)12-5-4-9-3-2-6-14-9/h8-9H,2-7,11H2,1H3,(H,12,13). The summed E-state index contributed by atoms with van der Waals surface area (Å²) >= 11 is 0. The van der Waals surface area contributed by atoms with E-state index in [9.17, 15) is 4.79 Å². The molecule has 0 aromatic rings. The summed E-state index contributed by atoms with van der Waals surface area (Å²) in [4.78, 5) is 11.3. The van der Waals surface area contributed by atoms with Crippen molar-refractivity contribution in [2.45, 2.75) is 32.3 Å². The van der Waals surface area contributed by atoms with Gasteiger partial charge in [-0.2, -0.15) is 0 Å². The molecular formula is C10H20N2O2. The van der Waals surface area contributed by atoms with Gasteiger partial charge in [-0.3, -0.25) is 4.79 Å². The van der Waals surface area contributed by atoms with Crippen LogP contribution in [0.15, 0.2) is 0 Å². The zero-order chi connectivity index (χ0) is 10.4. The molecule has 0 saturated carbocycles. The third-order valence-electron chi connectivity index (χ3n) is 2.59. The topological polar surface area (TPSA) is 64.4 Å². The molecule has 1 aliphatic rings. The van der Waals surface area contributed by atoms with Gasteiger partial charge in [-0.25, -0.2) is 0 Å². The largest absolute Gasteiger partial charge is 0.378 e. The molecule has 14 heavy (non-hydrogen) atoms. The Morgan fingerprint density at radius 3 is 3.07 bits per heavy atom. The van der Waals surface area contributed by atoms with Crippen molar-refractivity contribution in [1.82, 2.24) is 5.32 Å². The fourth-order valence-electron chi connectivity index (χ4n) is 1.51. The minimum atomic E-state index is -0.0838. The molecule has 4 nitrogen and oxygen atoms in total. The number of nitrogens with two attached hydrogens (primary N) is 1. The number of nitrogens with one attached hydrogen (secondary N) is 1. The molecule has 1 amide bonds. The maximum Gasteiger partial charge on any atom is 0.224 e. The second-order valence-electron chi connectivity index (χ2n) is 3.85. The molecule has 0 bridgehead atoms. The summed E-state index contributed by atoms with van der Waals surface area (Å²) in [5.74, 6) is -0.0370. The summed E-state index contributed by atoms with van der Waals surface area (Å²) in [7, 11) is 0. The van der Waals surface area contributed by atoms with Crippen LogP contribution in [0.1, 0.15) is 26.2 Å². The van der Waals surface area contributed by atoms with Crippen molar-refractivity contribution in [2.24, 2.45) is 11.7 Å². The third kappa shape index (κ3) is 3.64. The molecule has 1 aliphatic heterocycles. The van der Waals surface area contributed by atoms with E-state index in [0.717, 1.165) is 25.9 Å². The maximum absolute atomic E-state index is 11.3. The Bertz CT molecular complexity index is 179. The van der Waals surface area contributed by atoms with Crippen molar-refractivity contribution in [3.8, 4) is 0 Å². The molecular weight excluding hydrogens is 180 g/mol. The Morgan fingerprint density at radius 1 is 1.71 bits per heavy atom. The molecule has 4 heteroatoms. The fraction of sp³-hybridized carbons (Fsp3) is 0.900. The third-order valence-corrected chi connectivity index (χ3v) is 2.59. The highest BCUT2D eigenvalue weighted by Gasteiger charge is 2.16. The highest BCUT2D eigenvalue weighted by molar-refractivity contribution is 5.78. The van der Waals surface area contributed by atoms with E-state index in [1.165, 1.54) is 0 Å². The number of hydrogen-bond donors (Lipinski definition) is 2. The van der Waals surface area contributed by atoms with Crippen LogP contribution >= 0.6 is 0 Å². The summed E-state index contributed by atoms with van der Waals surface area (Å²) in [6.07, 6.45) is 3.55. The van der Waals surface area contributed by atoms with Gasteiger partial charge >= 0.3 is 0 Å². The van der Waals surface area contributed by atoms with Gasteiger partial charge < -0.3 is 15.8 Å². The van der Waals surface area contributed by atoms with E-state index >= 15 is 0 Å². The Morgan fingerprint density at radius 2 is 2.50 bits per heavy atom. The molecule has 0 spiro atoms. The van der Waals surface area contributed by atoms with E-state index in [1.54, 1.807) is 0 Å². The van der Waals surface area contributed by atoms with Crippen LogP contribution in [0.3, 0.4) is 0 Å². The molecule has 1 saturated heterocycles. The molecule has 1 heterocycles. The van der Waals surface area contributed by atoms with Gasteiger partial charge in [-0.05, 0) is 19.3 Å². The number of carbonyl (C=O) groups excluding carboxylic acids is 1. The normalized spacial score (nSPS) is 23.4. The Labute approximate surface area is 85.2 Å². The SMILES string of the molecule is CC(CN)C(=O)NCCC1CCCO1. The molecule has 82 valence electrons. The fourth-order valence-corrected chi connectivity index (χ4v) is 1.51. The number of hydrogen-bond acceptors (Lipinski definition) is 3.